The van der Waals surface area contributed by atoms with E-state index in [1.54, 1.807) is 6.92 Å². The van der Waals surface area contributed by atoms with E-state index in [0.29, 0.717) is 17.1 Å². The lowest BCUT2D eigenvalue weighted by Crippen LogP contribution is -2.06. The van der Waals surface area contributed by atoms with Crippen molar-refractivity contribution in [1.82, 2.24) is 9.97 Å². The lowest BCUT2D eigenvalue weighted by molar-refractivity contribution is 0.584. The predicted octanol–water partition coefficient (Wildman–Crippen LogP) is 2.37. The molecule has 84 valence electrons. The number of hydrogen-bond donors (Lipinski definition) is 2. The van der Waals surface area contributed by atoms with Crippen molar-refractivity contribution in [1.29, 1.82) is 0 Å². The van der Waals surface area contributed by atoms with Gasteiger partial charge in [0.2, 0.25) is 0 Å². The van der Waals surface area contributed by atoms with Crippen LogP contribution >= 0.6 is 0 Å². The lowest BCUT2D eigenvalue weighted by Gasteiger charge is -2.00. The highest BCUT2D eigenvalue weighted by Gasteiger charge is 2.08. The zero-order valence-electron chi connectivity index (χ0n) is 8.67. The van der Waals surface area contributed by atoms with Crippen LogP contribution in [0, 0.1) is 11.6 Å². The van der Waals surface area contributed by atoms with Gasteiger partial charge in [-0.05, 0) is 19.1 Å². The summed E-state index contributed by atoms with van der Waals surface area (Å²) >= 11 is 0. The highest BCUT2D eigenvalue weighted by Crippen LogP contribution is 2.20. The fourth-order valence-electron chi connectivity index (χ4n) is 1.42. The third-order valence-corrected chi connectivity index (χ3v) is 2.20. The van der Waals surface area contributed by atoms with Crippen molar-refractivity contribution >= 4 is 0 Å². The highest BCUT2D eigenvalue weighted by molar-refractivity contribution is 5.58. The maximum Gasteiger partial charge on any atom is 0.126 e. The van der Waals surface area contributed by atoms with Crippen molar-refractivity contribution in [2.24, 2.45) is 5.73 Å². The van der Waals surface area contributed by atoms with Gasteiger partial charge in [-0.1, -0.05) is 0 Å². The monoisotopic (exact) mass is 223 g/mol. The summed E-state index contributed by atoms with van der Waals surface area (Å²) in [6, 6.07) is 3.06. The Balaban J connectivity index is 2.42. The van der Waals surface area contributed by atoms with Crippen molar-refractivity contribution in [2.45, 2.75) is 13.0 Å². The average Bonchev–Trinajstić information content (AvgIpc) is 2.64. The molecule has 1 heterocycles. The molecule has 1 atom stereocenters. The van der Waals surface area contributed by atoms with Gasteiger partial charge in [0.25, 0.3) is 0 Å². The zero-order valence-corrected chi connectivity index (χ0v) is 8.67. The standard InChI is InChI=1S/C11H11F2N3/c1-6(14)11-15-5-10(16-11)7-2-8(12)4-9(13)3-7/h2-6H,14H2,1H3,(H,15,16). The molecule has 0 spiro atoms. The van der Waals surface area contributed by atoms with Gasteiger partial charge in [0.15, 0.2) is 0 Å². The van der Waals surface area contributed by atoms with Gasteiger partial charge >= 0.3 is 0 Å². The van der Waals surface area contributed by atoms with E-state index in [9.17, 15) is 8.78 Å². The molecule has 0 radical (unpaired) electrons. The molecule has 16 heavy (non-hydrogen) atoms. The number of H-pyrrole nitrogens is 1. The van der Waals surface area contributed by atoms with Gasteiger partial charge < -0.3 is 10.7 Å². The third-order valence-electron chi connectivity index (χ3n) is 2.20. The minimum atomic E-state index is -0.619. The Morgan fingerprint density at radius 2 is 1.88 bits per heavy atom. The number of benzene rings is 1. The summed E-state index contributed by atoms with van der Waals surface area (Å²) in [6.07, 6.45) is 1.51. The SMILES string of the molecule is CC(N)c1ncc(-c2cc(F)cc(F)c2)[nH]1. The van der Waals surface area contributed by atoms with E-state index in [-0.39, 0.29) is 6.04 Å². The van der Waals surface area contributed by atoms with E-state index in [4.69, 9.17) is 5.73 Å². The molecule has 2 aromatic rings. The topological polar surface area (TPSA) is 54.7 Å². The second-order valence-corrected chi connectivity index (χ2v) is 3.63. The fraction of sp³-hybridized carbons (Fsp3) is 0.182. The maximum absolute atomic E-state index is 13.0. The Morgan fingerprint density at radius 3 is 2.38 bits per heavy atom. The smallest absolute Gasteiger partial charge is 0.126 e. The first-order chi connectivity index (χ1) is 7.56. The van der Waals surface area contributed by atoms with Crippen LogP contribution < -0.4 is 5.73 Å². The fourth-order valence-corrected chi connectivity index (χ4v) is 1.42. The minimum Gasteiger partial charge on any atom is -0.341 e. The first-order valence-electron chi connectivity index (χ1n) is 4.83. The molecule has 0 aliphatic rings. The molecule has 0 aliphatic carbocycles. The summed E-state index contributed by atoms with van der Waals surface area (Å²) in [4.78, 5) is 6.94. The molecule has 2 rings (SSSR count). The molecule has 5 heteroatoms. The van der Waals surface area contributed by atoms with E-state index in [0.717, 1.165) is 6.07 Å². The second kappa shape index (κ2) is 4.02. The number of halogens is 2. The Kier molecular flexibility index (Phi) is 2.70. The van der Waals surface area contributed by atoms with E-state index < -0.39 is 11.6 Å². The number of hydrogen-bond acceptors (Lipinski definition) is 2. The third kappa shape index (κ3) is 2.09. The van der Waals surface area contributed by atoms with Crippen LogP contribution in [0.4, 0.5) is 8.78 Å². The Labute approximate surface area is 91.3 Å². The molecule has 0 fully saturated rings. The van der Waals surface area contributed by atoms with Crippen molar-refractivity contribution in [3.63, 3.8) is 0 Å². The van der Waals surface area contributed by atoms with Gasteiger partial charge in [-0.3, -0.25) is 0 Å². The number of nitrogens with two attached hydrogens (primary N) is 1. The molecular formula is C11H11F2N3. The summed E-state index contributed by atoms with van der Waals surface area (Å²) in [5.41, 5.74) is 6.58. The van der Waals surface area contributed by atoms with Crippen molar-refractivity contribution in [3.8, 4) is 11.3 Å². The van der Waals surface area contributed by atoms with Gasteiger partial charge in [-0.15, -0.1) is 0 Å². The molecular weight excluding hydrogens is 212 g/mol. The van der Waals surface area contributed by atoms with Crippen LogP contribution in [0.1, 0.15) is 18.8 Å². The largest absolute Gasteiger partial charge is 0.341 e. The lowest BCUT2D eigenvalue weighted by atomic mass is 10.1. The van der Waals surface area contributed by atoms with E-state index in [1.165, 1.54) is 18.3 Å². The van der Waals surface area contributed by atoms with Crippen molar-refractivity contribution < 1.29 is 8.78 Å². The predicted molar refractivity (Wildman–Crippen MR) is 56.5 cm³/mol. The Bertz CT molecular complexity index is 485. The van der Waals surface area contributed by atoms with Gasteiger partial charge in [-0.25, -0.2) is 13.8 Å². The first-order valence-corrected chi connectivity index (χ1v) is 4.83. The van der Waals surface area contributed by atoms with E-state index in [1.807, 2.05) is 0 Å². The highest BCUT2D eigenvalue weighted by atomic mass is 19.1. The van der Waals surface area contributed by atoms with Crippen LogP contribution in [0.2, 0.25) is 0 Å². The summed E-state index contributed by atoms with van der Waals surface area (Å²) in [5.74, 6) is -0.654. The zero-order chi connectivity index (χ0) is 11.7. The molecule has 0 saturated carbocycles. The maximum atomic E-state index is 13.0. The molecule has 1 unspecified atom stereocenters. The Hall–Kier alpha value is -1.75. The number of aromatic nitrogens is 2. The first kappa shape index (κ1) is 10.8. The van der Waals surface area contributed by atoms with E-state index >= 15 is 0 Å². The quantitative estimate of drug-likeness (QED) is 0.821. The van der Waals surface area contributed by atoms with Gasteiger partial charge in [0.1, 0.15) is 17.5 Å². The van der Waals surface area contributed by atoms with Crippen LogP contribution in [-0.4, -0.2) is 9.97 Å². The number of nitrogens with zero attached hydrogens (tertiary/aromatic N) is 1. The van der Waals surface area contributed by atoms with Crippen molar-refractivity contribution in [2.75, 3.05) is 0 Å². The van der Waals surface area contributed by atoms with Crippen LogP contribution in [0.15, 0.2) is 24.4 Å². The van der Waals surface area contributed by atoms with Crippen LogP contribution in [-0.2, 0) is 0 Å². The molecule has 3 nitrogen and oxygen atoms in total. The Morgan fingerprint density at radius 1 is 1.25 bits per heavy atom. The van der Waals surface area contributed by atoms with Gasteiger partial charge in [-0.2, -0.15) is 0 Å². The number of rotatable bonds is 2. The molecule has 1 aromatic carbocycles. The van der Waals surface area contributed by atoms with Gasteiger partial charge in [0, 0.05) is 11.6 Å². The van der Waals surface area contributed by atoms with Crippen molar-refractivity contribution in [3.05, 3.63) is 41.9 Å². The summed E-state index contributed by atoms with van der Waals surface area (Å²) in [5, 5.41) is 0. The second-order valence-electron chi connectivity index (χ2n) is 3.63. The average molecular weight is 223 g/mol. The van der Waals surface area contributed by atoms with Crippen LogP contribution in [0.25, 0.3) is 11.3 Å². The number of aromatic amines is 1. The summed E-state index contributed by atoms with van der Waals surface area (Å²) in [7, 11) is 0. The normalized spacial score (nSPS) is 12.8. The molecule has 0 amide bonds. The van der Waals surface area contributed by atoms with Crippen LogP contribution in [0.3, 0.4) is 0 Å². The summed E-state index contributed by atoms with van der Waals surface area (Å²) in [6.45, 7) is 1.77. The number of imidazole rings is 1. The number of nitrogens with one attached hydrogen (secondary N) is 1. The summed E-state index contributed by atoms with van der Waals surface area (Å²) < 4.78 is 26.0. The minimum absolute atomic E-state index is 0.243. The van der Waals surface area contributed by atoms with Gasteiger partial charge in [0.05, 0.1) is 17.9 Å². The molecule has 0 saturated heterocycles. The molecule has 0 bridgehead atoms. The molecule has 3 N–H and O–H groups in total. The molecule has 0 aliphatic heterocycles. The van der Waals surface area contributed by atoms with E-state index in [2.05, 4.69) is 9.97 Å². The molecule has 1 aromatic heterocycles. The van der Waals surface area contributed by atoms with Crippen LogP contribution in [0.5, 0.6) is 0 Å².